The van der Waals surface area contributed by atoms with E-state index in [2.05, 4.69) is 39.6 Å². The zero-order valence-corrected chi connectivity index (χ0v) is 18.1. The number of carbonyl (C=O) groups excluding carboxylic acids is 2. The van der Waals surface area contributed by atoms with Crippen molar-refractivity contribution in [1.82, 2.24) is 15.4 Å². The first-order valence-corrected chi connectivity index (χ1v) is 10.8. The van der Waals surface area contributed by atoms with Gasteiger partial charge in [-0.3, -0.25) is 14.3 Å². The van der Waals surface area contributed by atoms with Gasteiger partial charge in [0.1, 0.15) is 6.04 Å². The second-order valence-electron chi connectivity index (χ2n) is 7.20. The molecule has 0 radical (unpaired) electrons. The summed E-state index contributed by atoms with van der Waals surface area (Å²) in [5.74, 6) is -0.402. The molecule has 5 nitrogen and oxygen atoms in total. The van der Waals surface area contributed by atoms with Gasteiger partial charge in [-0.25, -0.2) is 0 Å². The van der Waals surface area contributed by atoms with E-state index in [0.717, 1.165) is 11.3 Å². The molecule has 3 aromatic rings. The van der Waals surface area contributed by atoms with E-state index >= 15 is 0 Å². The van der Waals surface area contributed by atoms with Gasteiger partial charge < -0.3 is 10.6 Å². The molecule has 0 aliphatic carbocycles. The number of rotatable bonds is 9. The molecule has 30 heavy (non-hydrogen) atoms. The van der Waals surface area contributed by atoms with Crippen LogP contribution in [0.2, 0.25) is 0 Å². The predicted octanol–water partition coefficient (Wildman–Crippen LogP) is 3.61. The Kier molecular flexibility index (Phi) is 7.88. The smallest absolute Gasteiger partial charge is 0.242 e. The van der Waals surface area contributed by atoms with Crippen molar-refractivity contribution in [1.29, 1.82) is 0 Å². The summed E-state index contributed by atoms with van der Waals surface area (Å²) in [5.41, 5.74) is 2.39. The molecule has 0 aliphatic rings. The number of amides is 2. The maximum Gasteiger partial charge on any atom is 0.242 e. The van der Waals surface area contributed by atoms with Crippen molar-refractivity contribution in [3.63, 3.8) is 0 Å². The maximum atomic E-state index is 12.3. The highest BCUT2D eigenvalue weighted by Gasteiger charge is 2.15. The quantitative estimate of drug-likeness (QED) is 0.462. The second kappa shape index (κ2) is 10.8. The molecule has 0 saturated heterocycles. The predicted molar refractivity (Wildman–Crippen MR) is 123 cm³/mol. The number of carbonyl (C=O) groups is 2. The third-order valence-corrected chi connectivity index (χ3v) is 5.58. The average molecular weight is 422 g/mol. The van der Waals surface area contributed by atoms with Crippen molar-refractivity contribution in [2.75, 3.05) is 13.1 Å². The fourth-order valence-corrected chi connectivity index (χ4v) is 3.78. The SMILES string of the molecule is Cc1ccc(SNCC(=O)NC(C)C(=O)NCCc2cccc3ccccc23)cc1. The maximum absolute atomic E-state index is 12.3. The van der Waals surface area contributed by atoms with Crippen LogP contribution < -0.4 is 15.4 Å². The van der Waals surface area contributed by atoms with E-state index in [1.165, 1.54) is 33.8 Å². The summed E-state index contributed by atoms with van der Waals surface area (Å²) in [6.07, 6.45) is 0.739. The van der Waals surface area contributed by atoms with Gasteiger partial charge in [-0.05, 0) is 60.7 Å². The molecule has 0 bridgehead atoms. The van der Waals surface area contributed by atoms with Crippen LogP contribution in [-0.4, -0.2) is 30.9 Å². The molecule has 0 spiro atoms. The van der Waals surface area contributed by atoms with Crippen LogP contribution in [0.25, 0.3) is 10.8 Å². The molecule has 6 heteroatoms. The van der Waals surface area contributed by atoms with E-state index in [4.69, 9.17) is 0 Å². The standard InChI is InChI=1S/C24H27N3O2S/c1-17-10-12-21(13-11-17)30-26-16-23(28)27-18(2)24(29)25-15-14-20-8-5-7-19-6-3-4-9-22(19)20/h3-13,18,26H,14-16H2,1-2H3,(H,25,29)(H,27,28). The fraction of sp³-hybridized carbons (Fsp3) is 0.250. The molecule has 3 aromatic carbocycles. The van der Waals surface area contributed by atoms with Crippen LogP contribution in [0.3, 0.4) is 0 Å². The summed E-state index contributed by atoms with van der Waals surface area (Å²) in [6.45, 7) is 4.38. The largest absolute Gasteiger partial charge is 0.354 e. The van der Waals surface area contributed by atoms with Crippen molar-refractivity contribution in [2.24, 2.45) is 0 Å². The molecule has 0 aliphatic heterocycles. The topological polar surface area (TPSA) is 70.2 Å². The number of hydrogen-bond acceptors (Lipinski definition) is 4. The number of benzene rings is 3. The highest BCUT2D eigenvalue weighted by atomic mass is 32.2. The van der Waals surface area contributed by atoms with E-state index in [0.29, 0.717) is 6.54 Å². The van der Waals surface area contributed by atoms with E-state index in [1.807, 2.05) is 49.4 Å². The monoisotopic (exact) mass is 421 g/mol. The van der Waals surface area contributed by atoms with Crippen molar-refractivity contribution in [3.8, 4) is 0 Å². The summed E-state index contributed by atoms with van der Waals surface area (Å²) in [7, 11) is 0. The van der Waals surface area contributed by atoms with Crippen molar-refractivity contribution >= 4 is 34.5 Å². The van der Waals surface area contributed by atoms with Crippen LogP contribution in [-0.2, 0) is 16.0 Å². The summed E-state index contributed by atoms with van der Waals surface area (Å²) in [4.78, 5) is 25.4. The zero-order valence-electron chi connectivity index (χ0n) is 17.3. The van der Waals surface area contributed by atoms with Crippen LogP contribution in [0.1, 0.15) is 18.1 Å². The minimum Gasteiger partial charge on any atom is -0.354 e. The third kappa shape index (κ3) is 6.34. The number of fused-ring (bicyclic) bond motifs is 1. The Morgan fingerprint density at radius 1 is 0.967 bits per heavy atom. The van der Waals surface area contributed by atoms with Crippen LogP contribution in [0.5, 0.6) is 0 Å². The molecule has 0 fully saturated rings. The molecular weight excluding hydrogens is 394 g/mol. The van der Waals surface area contributed by atoms with Crippen molar-refractivity contribution < 1.29 is 9.59 Å². The highest BCUT2D eigenvalue weighted by molar-refractivity contribution is 7.97. The number of hydrogen-bond donors (Lipinski definition) is 3. The Bertz CT molecular complexity index is 1000. The van der Waals surface area contributed by atoms with Crippen LogP contribution in [0, 0.1) is 6.92 Å². The molecule has 156 valence electrons. The molecule has 3 rings (SSSR count). The second-order valence-corrected chi connectivity index (χ2v) is 8.17. The zero-order chi connectivity index (χ0) is 21.3. The lowest BCUT2D eigenvalue weighted by atomic mass is 10.0. The molecule has 0 saturated carbocycles. The van der Waals surface area contributed by atoms with Gasteiger partial charge in [-0.2, -0.15) is 0 Å². The lowest BCUT2D eigenvalue weighted by Gasteiger charge is -2.15. The van der Waals surface area contributed by atoms with E-state index in [1.54, 1.807) is 6.92 Å². The number of aryl methyl sites for hydroxylation is 1. The molecule has 0 aromatic heterocycles. The molecule has 3 N–H and O–H groups in total. The van der Waals surface area contributed by atoms with Crippen LogP contribution >= 0.6 is 11.9 Å². The van der Waals surface area contributed by atoms with Gasteiger partial charge in [0, 0.05) is 11.4 Å². The van der Waals surface area contributed by atoms with Gasteiger partial charge in [0.25, 0.3) is 0 Å². The highest BCUT2D eigenvalue weighted by Crippen LogP contribution is 2.18. The van der Waals surface area contributed by atoms with Gasteiger partial charge >= 0.3 is 0 Å². The van der Waals surface area contributed by atoms with Crippen LogP contribution in [0.15, 0.2) is 71.6 Å². The number of nitrogens with one attached hydrogen (secondary N) is 3. The van der Waals surface area contributed by atoms with Crippen molar-refractivity contribution in [2.45, 2.75) is 31.2 Å². The Hall–Kier alpha value is -2.83. The van der Waals surface area contributed by atoms with Gasteiger partial charge in [0.05, 0.1) is 6.54 Å². The van der Waals surface area contributed by atoms with Gasteiger partial charge in [-0.15, -0.1) is 0 Å². The Morgan fingerprint density at radius 2 is 1.70 bits per heavy atom. The lowest BCUT2D eigenvalue weighted by molar-refractivity contribution is -0.128. The van der Waals surface area contributed by atoms with Gasteiger partial charge in [-0.1, -0.05) is 60.2 Å². The van der Waals surface area contributed by atoms with E-state index in [9.17, 15) is 9.59 Å². The fourth-order valence-electron chi connectivity index (χ4n) is 3.13. The normalized spacial score (nSPS) is 11.8. The van der Waals surface area contributed by atoms with Crippen LogP contribution in [0.4, 0.5) is 0 Å². The van der Waals surface area contributed by atoms with Gasteiger partial charge in [0.15, 0.2) is 0 Å². The molecule has 2 amide bonds. The first-order chi connectivity index (χ1) is 14.5. The van der Waals surface area contributed by atoms with E-state index in [-0.39, 0.29) is 18.4 Å². The molecule has 0 heterocycles. The third-order valence-electron chi connectivity index (χ3n) is 4.79. The summed E-state index contributed by atoms with van der Waals surface area (Å²) < 4.78 is 3.02. The summed E-state index contributed by atoms with van der Waals surface area (Å²) in [6, 6.07) is 21.9. The summed E-state index contributed by atoms with van der Waals surface area (Å²) in [5, 5.41) is 8.03. The van der Waals surface area contributed by atoms with Gasteiger partial charge in [0.2, 0.25) is 11.8 Å². The Labute approximate surface area is 181 Å². The molecule has 1 atom stereocenters. The molecule has 1 unspecified atom stereocenters. The van der Waals surface area contributed by atoms with E-state index < -0.39 is 6.04 Å². The Balaban J connectivity index is 1.38. The average Bonchev–Trinajstić information content (AvgIpc) is 2.75. The first kappa shape index (κ1) is 21.9. The first-order valence-electron chi connectivity index (χ1n) is 10.0. The minimum absolute atomic E-state index is 0.131. The minimum atomic E-state index is -0.587. The lowest BCUT2D eigenvalue weighted by Crippen LogP contribution is -2.47. The van der Waals surface area contributed by atoms with Crippen molar-refractivity contribution in [3.05, 3.63) is 77.9 Å². The summed E-state index contributed by atoms with van der Waals surface area (Å²) >= 11 is 1.39. The molecular formula is C24H27N3O2S. The Morgan fingerprint density at radius 3 is 2.50 bits per heavy atom.